The van der Waals surface area contributed by atoms with Crippen molar-refractivity contribution in [2.45, 2.75) is 44.1 Å². The second-order valence-electron chi connectivity index (χ2n) is 8.50. The fourth-order valence-corrected chi connectivity index (χ4v) is 3.74. The van der Waals surface area contributed by atoms with Gasteiger partial charge in [-0.25, -0.2) is 0 Å². The van der Waals surface area contributed by atoms with Crippen LogP contribution in [0.15, 0.2) is 47.5 Å². The number of carbonyl (C=O) groups excluding carboxylic acids is 2. The molecule has 0 unspecified atom stereocenters. The van der Waals surface area contributed by atoms with E-state index in [1.54, 1.807) is 0 Å². The van der Waals surface area contributed by atoms with Crippen LogP contribution in [0.4, 0.5) is 11.4 Å². The van der Waals surface area contributed by atoms with Crippen LogP contribution in [-0.2, 0) is 0 Å². The summed E-state index contributed by atoms with van der Waals surface area (Å²) in [6.45, 7) is 1.65. The Kier molecular flexibility index (Phi) is 5.32. The highest BCUT2D eigenvalue weighted by Gasteiger charge is 2.27. The van der Waals surface area contributed by atoms with Gasteiger partial charge in [0.25, 0.3) is 11.8 Å². The molecule has 0 aromatic heterocycles. The van der Waals surface area contributed by atoms with Crippen LogP contribution in [0.3, 0.4) is 0 Å². The smallest absolute Gasteiger partial charge is 0.280 e. The Labute approximate surface area is 181 Å². The highest BCUT2D eigenvalue weighted by molar-refractivity contribution is 6.03. The minimum atomic E-state index is -0.246. The summed E-state index contributed by atoms with van der Waals surface area (Å²) in [4.78, 5) is 29.2. The van der Waals surface area contributed by atoms with Crippen molar-refractivity contribution in [1.82, 2.24) is 16.0 Å². The zero-order valence-corrected chi connectivity index (χ0v) is 17.4. The van der Waals surface area contributed by atoms with Crippen LogP contribution in [-0.4, -0.2) is 36.9 Å². The van der Waals surface area contributed by atoms with E-state index >= 15 is 0 Å². The van der Waals surface area contributed by atoms with Gasteiger partial charge < -0.3 is 21.3 Å². The molecule has 0 atom stereocenters. The Bertz CT molecular complexity index is 1030. The van der Waals surface area contributed by atoms with E-state index in [2.05, 4.69) is 26.3 Å². The highest BCUT2D eigenvalue weighted by Crippen LogP contribution is 2.44. The molecule has 1 saturated heterocycles. The predicted molar refractivity (Wildman–Crippen MR) is 121 cm³/mol. The molecule has 2 aromatic rings. The summed E-state index contributed by atoms with van der Waals surface area (Å²) in [5.41, 5.74) is 4.20. The Morgan fingerprint density at radius 3 is 2.48 bits per heavy atom. The number of aliphatic imine (C=N–C) groups is 1. The van der Waals surface area contributed by atoms with Gasteiger partial charge in [0.2, 0.25) is 0 Å². The SMILES string of the molecule is O=C(N=C1NCCCN1)c1ccc(Nc2cccc(C(=O)NC3CC3)c2)c(C2CC2)c1. The lowest BCUT2D eigenvalue weighted by Crippen LogP contribution is -2.44. The molecule has 3 aliphatic rings. The fourth-order valence-electron chi connectivity index (χ4n) is 3.74. The van der Waals surface area contributed by atoms with Crippen LogP contribution < -0.4 is 21.3 Å². The number of hydrogen-bond acceptors (Lipinski definition) is 3. The molecule has 2 aliphatic carbocycles. The fraction of sp³-hybridized carbons (Fsp3) is 0.375. The van der Waals surface area contributed by atoms with Crippen LogP contribution in [0.5, 0.6) is 0 Å². The Morgan fingerprint density at radius 1 is 0.935 bits per heavy atom. The van der Waals surface area contributed by atoms with Crippen molar-refractivity contribution in [3.8, 4) is 0 Å². The number of carbonyl (C=O) groups is 2. The first-order chi connectivity index (χ1) is 15.2. The molecule has 2 saturated carbocycles. The monoisotopic (exact) mass is 417 g/mol. The van der Waals surface area contributed by atoms with E-state index in [4.69, 9.17) is 0 Å². The molecule has 2 amide bonds. The number of nitrogens with zero attached hydrogens (tertiary/aromatic N) is 1. The third-order valence-electron chi connectivity index (χ3n) is 5.78. The summed E-state index contributed by atoms with van der Waals surface area (Å²) >= 11 is 0. The summed E-state index contributed by atoms with van der Waals surface area (Å²) in [5, 5.41) is 12.7. The molecule has 7 heteroatoms. The Morgan fingerprint density at radius 2 is 1.74 bits per heavy atom. The minimum Gasteiger partial charge on any atom is -0.356 e. The first kappa shape index (κ1) is 19.6. The van der Waals surface area contributed by atoms with Gasteiger partial charge in [-0.2, -0.15) is 4.99 Å². The van der Waals surface area contributed by atoms with E-state index in [-0.39, 0.29) is 11.8 Å². The normalized spacial score (nSPS) is 17.9. The van der Waals surface area contributed by atoms with Gasteiger partial charge in [-0.3, -0.25) is 9.59 Å². The maximum absolute atomic E-state index is 12.7. The van der Waals surface area contributed by atoms with E-state index in [1.165, 1.54) is 0 Å². The van der Waals surface area contributed by atoms with Gasteiger partial charge in [-0.05, 0) is 80.0 Å². The predicted octanol–water partition coefficient (Wildman–Crippen LogP) is 3.28. The number of hydrogen-bond donors (Lipinski definition) is 4. The number of benzene rings is 2. The van der Waals surface area contributed by atoms with Crippen molar-refractivity contribution in [3.05, 3.63) is 59.2 Å². The number of rotatable bonds is 6. The minimum absolute atomic E-state index is 0.0291. The molecule has 2 aromatic carbocycles. The van der Waals surface area contributed by atoms with Gasteiger partial charge in [0, 0.05) is 41.6 Å². The van der Waals surface area contributed by atoms with Crippen molar-refractivity contribution in [2.75, 3.05) is 18.4 Å². The van der Waals surface area contributed by atoms with Crippen LogP contribution in [0.25, 0.3) is 0 Å². The average Bonchev–Trinajstić information content (AvgIpc) is 3.70. The Hall–Kier alpha value is -3.35. The molecule has 0 spiro atoms. The van der Waals surface area contributed by atoms with Crippen LogP contribution in [0.1, 0.15) is 64.3 Å². The third kappa shape index (κ3) is 4.87. The third-order valence-corrected chi connectivity index (χ3v) is 5.78. The lowest BCUT2D eigenvalue weighted by atomic mass is 10.0. The molecule has 1 heterocycles. The van der Waals surface area contributed by atoms with E-state index in [0.29, 0.717) is 29.0 Å². The molecule has 1 aliphatic heterocycles. The van der Waals surface area contributed by atoms with Crippen molar-refractivity contribution in [1.29, 1.82) is 0 Å². The molecular weight excluding hydrogens is 390 g/mol. The van der Waals surface area contributed by atoms with E-state index in [1.807, 2.05) is 42.5 Å². The quantitative estimate of drug-likeness (QED) is 0.579. The maximum atomic E-state index is 12.7. The van der Waals surface area contributed by atoms with Crippen molar-refractivity contribution in [2.24, 2.45) is 4.99 Å². The number of nitrogens with one attached hydrogen (secondary N) is 4. The summed E-state index contributed by atoms with van der Waals surface area (Å²) in [5.74, 6) is 0.727. The lowest BCUT2D eigenvalue weighted by Gasteiger charge is -2.17. The highest BCUT2D eigenvalue weighted by atomic mass is 16.2. The first-order valence-electron chi connectivity index (χ1n) is 11.1. The second-order valence-corrected chi connectivity index (χ2v) is 8.50. The number of amides is 2. The van der Waals surface area contributed by atoms with Crippen molar-refractivity contribution >= 4 is 29.1 Å². The van der Waals surface area contributed by atoms with E-state index in [0.717, 1.165) is 62.1 Å². The molecule has 31 heavy (non-hydrogen) atoms. The van der Waals surface area contributed by atoms with Gasteiger partial charge in [0.1, 0.15) is 0 Å². The lowest BCUT2D eigenvalue weighted by molar-refractivity contribution is 0.0949. The Balaban J connectivity index is 1.35. The molecule has 160 valence electrons. The first-order valence-corrected chi connectivity index (χ1v) is 11.1. The zero-order chi connectivity index (χ0) is 21.2. The maximum Gasteiger partial charge on any atom is 0.280 e. The molecule has 0 radical (unpaired) electrons. The van der Waals surface area contributed by atoms with Gasteiger partial charge in [-0.15, -0.1) is 0 Å². The standard InChI is InChI=1S/C24H27N5O2/c30-22(28-18-8-9-18)16-3-1-4-19(13-16)27-21-10-7-17(14-20(21)15-5-6-15)23(31)29-24-25-11-2-12-26-24/h1,3-4,7,10,13-15,18,27H,2,5-6,8-9,11-12H2,(H,28,30)(H2,25,26,29,31). The van der Waals surface area contributed by atoms with Crippen LogP contribution in [0, 0.1) is 0 Å². The molecule has 4 N–H and O–H groups in total. The van der Waals surface area contributed by atoms with E-state index < -0.39 is 0 Å². The van der Waals surface area contributed by atoms with Gasteiger partial charge in [0.05, 0.1) is 0 Å². The number of guanidine groups is 1. The summed E-state index contributed by atoms with van der Waals surface area (Å²) in [6.07, 6.45) is 5.39. The second kappa shape index (κ2) is 8.41. The van der Waals surface area contributed by atoms with Crippen LogP contribution >= 0.6 is 0 Å². The van der Waals surface area contributed by atoms with Gasteiger partial charge >= 0.3 is 0 Å². The number of anilines is 2. The van der Waals surface area contributed by atoms with Crippen molar-refractivity contribution in [3.63, 3.8) is 0 Å². The topological polar surface area (TPSA) is 94.6 Å². The molecule has 3 fully saturated rings. The molecular formula is C24H27N5O2. The largest absolute Gasteiger partial charge is 0.356 e. The molecule has 7 nitrogen and oxygen atoms in total. The zero-order valence-electron chi connectivity index (χ0n) is 17.4. The van der Waals surface area contributed by atoms with Crippen LogP contribution in [0.2, 0.25) is 0 Å². The van der Waals surface area contributed by atoms with E-state index in [9.17, 15) is 9.59 Å². The summed E-state index contributed by atoms with van der Waals surface area (Å²) < 4.78 is 0. The molecule has 5 rings (SSSR count). The van der Waals surface area contributed by atoms with Gasteiger partial charge in [0.15, 0.2) is 5.96 Å². The molecule has 0 bridgehead atoms. The van der Waals surface area contributed by atoms with Crippen molar-refractivity contribution < 1.29 is 9.59 Å². The average molecular weight is 418 g/mol. The summed E-state index contributed by atoms with van der Waals surface area (Å²) in [6, 6.07) is 13.6. The van der Waals surface area contributed by atoms with Gasteiger partial charge in [-0.1, -0.05) is 6.07 Å². The summed E-state index contributed by atoms with van der Waals surface area (Å²) in [7, 11) is 0.